The molecule has 24 heavy (non-hydrogen) atoms. The number of rotatable bonds is 5. The van der Waals surface area contributed by atoms with Crippen LogP contribution in [0.15, 0.2) is 6.07 Å². The van der Waals surface area contributed by atoms with Crippen molar-refractivity contribution in [3.8, 4) is 0 Å². The van der Waals surface area contributed by atoms with Crippen LogP contribution in [0.4, 0.5) is 5.82 Å². The molecule has 136 valence electrons. The fraction of sp³-hybridized carbons (Fsp3) is 0.765. The van der Waals surface area contributed by atoms with Crippen molar-refractivity contribution in [3.63, 3.8) is 0 Å². The predicted octanol–water partition coefficient (Wildman–Crippen LogP) is 2.42. The minimum atomic E-state index is -3.25. The van der Waals surface area contributed by atoms with E-state index in [2.05, 4.69) is 44.2 Å². The van der Waals surface area contributed by atoms with Gasteiger partial charge in [-0.25, -0.2) is 23.1 Å². The quantitative estimate of drug-likeness (QED) is 0.879. The first-order valence-corrected chi connectivity index (χ1v) is 10.2. The van der Waals surface area contributed by atoms with E-state index in [0.717, 1.165) is 17.3 Å². The van der Waals surface area contributed by atoms with Crippen LogP contribution >= 0.6 is 0 Å². The fourth-order valence-electron chi connectivity index (χ4n) is 2.77. The van der Waals surface area contributed by atoms with E-state index in [0.29, 0.717) is 26.1 Å². The van der Waals surface area contributed by atoms with Crippen LogP contribution in [0.5, 0.6) is 0 Å². The molecule has 1 aliphatic heterocycles. The Morgan fingerprint density at radius 2 is 2.00 bits per heavy atom. The second-order valence-corrected chi connectivity index (χ2v) is 9.82. The van der Waals surface area contributed by atoms with E-state index < -0.39 is 10.0 Å². The third kappa shape index (κ3) is 4.25. The van der Waals surface area contributed by atoms with Gasteiger partial charge in [-0.3, -0.25) is 0 Å². The lowest BCUT2D eigenvalue weighted by molar-refractivity contribution is 0.557. The zero-order valence-electron chi connectivity index (χ0n) is 15.6. The summed E-state index contributed by atoms with van der Waals surface area (Å²) in [5.41, 5.74) is 0.922. The number of nitrogens with zero attached hydrogens (tertiary/aromatic N) is 3. The molecule has 0 saturated carbocycles. The number of aromatic nitrogens is 2. The van der Waals surface area contributed by atoms with Crippen LogP contribution in [0, 0.1) is 0 Å². The zero-order valence-corrected chi connectivity index (χ0v) is 16.4. The van der Waals surface area contributed by atoms with Crippen LogP contribution in [0.1, 0.15) is 65.4 Å². The van der Waals surface area contributed by atoms with Gasteiger partial charge in [0, 0.05) is 37.0 Å². The summed E-state index contributed by atoms with van der Waals surface area (Å²) in [6.45, 7) is 14.0. The van der Waals surface area contributed by atoms with Crippen molar-refractivity contribution in [2.24, 2.45) is 0 Å². The van der Waals surface area contributed by atoms with Gasteiger partial charge in [0.15, 0.2) is 0 Å². The van der Waals surface area contributed by atoms with E-state index in [9.17, 15) is 8.42 Å². The van der Waals surface area contributed by atoms with E-state index in [-0.39, 0.29) is 16.6 Å². The Morgan fingerprint density at radius 1 is 1.33 bits per heavy atom. The van der Waals surface area contributed by atoms with E-state index >= 15 is 0 Å². The van der Waals surface area contributed by atoms with Gasteiger partial charge in [-0.15, -0.1) is 0 Å². The largest absolute Gasteiger partial charge is 0.355 e. The number of hydrogen-bond donors (Lipinski definition) is 1. The van der Waals surface area contributed by atoms with Gasteiger partial charge in [0.2, 0.25) is 10.0 Å². The van der Waals surface area contributed by atoms with E-state index in [1.807, 2.05) is 6.07 Å². The smallest absolute Gasteiger partial charge is 0.216 e. The maximum atomic E-state index is 12.2. The molecule has 1 N–H and O–H groups in total. The molecule has 0 radical (unpaired) electrons. The van der Waals surface area contributed by atoms with Gasteiger partial charge >= 0.3 is 0 Å². The lowest BCUT2D eigenvalue weighted by Crippen LogP contribution is -2.36. The highest BCUT2D eigenvalue weighted by Crippen LogP contribution is 2.28. The summed E-state index contributed by atoms with van der Waals surface area (Å²) in [6, 6.07) is 2.01. The molecule has 1 aromatic heterocycles. The van der Waals surface area contributed by atoms with Crippen molar-refractivity contribution < 1.29 is 8.42 Å². The molecular formula is C17H30N4O2S. The molecule has 6 nitrogen and oxygen atoms in total. The average Bonchev–Trinajstić information content (AvgIpc) is 2.96. The van der Waals surface area contributed by atoms with Gasteiger partial charge in [-0.05, 0) is 6.42 Å². The van der Waals surface area contributed by atoms with Crippen LogP contribution in [0.3, 0.4) is 0 Å². The average molecular weight is 355 g/mol. The summed E-state index contributed by atoms with van der Waals surface area (Å²) >= 11 is 0. The van der Waals surface area contributed by atoms with E-state index in [1.165, 1.54) is 0 Å². The summed E-state index contributed by atoms with van der Waals surface area (Å²) in [5.74, 6) is 1.89. The van der Waals surface area contributed by atoms with Crippen LogP contribution < -0.4 is 9.62 Å². The fourth-order valence-corrected chi connectivity index (χ4v) is 4.20. The Balaban J connectivity index is 2.31. The second kappa shape index (κ2) is 6.96. The minimum Gasteiger partial charge on any atom is -0.355 e. The highest BCUT2D eigenvalue weighted by atomic mass is 32.2. The van der Waals surface area contributed by atoms with Crippen LogP contribution in [0.25, 0.3) is 0 Å². The maximum Gasteiger partial charge on any atom is 0.216 e. The van der Waals surface area contributed by atoms with Crippen molar-refractivity contribution in [1.29, 1.82) is 0 Å². The van der Waals surface area contributed by atoms with E-state index in [4.69, 9.17) is 9.97 Å². The molecule has 0 spiro atoms. The summed E-state index contributed by atoms with van der Waals surface area (Å²) in [6.07, 6.45) is 0.626. The Morgan fingerprint density at radius 3 is 2.54 bits per heavy atom. The van der Waals surface area contributed by atoms with Crippen LogP contribution in [-0.2, 0) is 15.4 Å². The second-order valence-electron chi connectivity index (χ2n) is 7.77. The number of hydrogen-bond acceptors (Lipinski definition) is 5. The van der Waals surface area contributed by atoms with Gasteiger partial charge in [-0.1, -0.05) is 41.5 Å². The minimum absolute atomic E-state index is 0.0731. The van der Waals surface area contributed by atoms with Gasteiger partial charge in [0.25, 0.3) is 0 Å². The molecule has 2 rings (SSSR count). The van der Waals surface area contributed by atoms with Gasteiger partial charge in [-0.2, -0.15) is 0 Å². The number of nitrogens with one attached hydrogen (secondary N) is 1. The molecule has 1 fully saturated rings. The van der Waals surface area contributed by atoms with Crippen molar-refractivity contribution in [2.45, 2.75) is 64.5 Å². The monoisotopic (exact) mass is 354 g/mol. The summed E-state index contributed by atoms with van der Waals surface area (Å²) in [5, 5.41) is -0.381. The molecule has 1 atom stereocenters. The predicted molar refractivity (Wildman–Crippen MR) is 98.0 cm³/mol. The third-order valence-electron chi connectivity index (χ3n) is 4.27. The molecule has 1 aromatic rings. The Bertz CT molecular complexity index is 680. The lowest BCUT2D eigenvalue weighted by atomic mass is 9.91. The number of sulfonamides is 1. The van der Waals surface area contributed by atoms with Crippen molar-refractivity contribution in [1.82, 2.24) is 14.7 Å². The molecule has 0 aliphatic carbocycles. The zero-order chi connectivity index (χ0) is 18.1. The summed E-state index contributed by atoms with van der Waals surface area (Å²) < 4.78 is 27.1. The van der Waals surface area contributed by atoms with Crippen LogP contribution in [-0.4, -0.2) is 43.3 Å². The normalized spacial score (nSPS) is 19.3. The molecule has 0 aromatic carbocycles. The Hall–Kier alpha value is -1.21. The van der Waals surface area contributed by atoms with E-state index in [1.54, 1.807) is 6.92 Å². The maximum absolute atomic E-state index is 12.2. The first-order valence-electron chi connectivity index (χ1n) is 8.67. The highest BCUT2D eigenvalue weighted by molar-refractivity contribution is 7.90. The highest BCUT2D eigenvalue weighted by Gasteiger charge is 2.34. The van der Waals surface area contributed by atoms with Crippen molar-refractivity contribution >= 4 is 15.8 Å². The first-order chi connectivity index (χ1) is 11.0. The Labute approximate surface area is 146 Å². The Kier molecular flexibility index (Phi) is 5.54. The molecule has 7 heteroatoms. The standard InChI is InChI=1S/C17H30N4O2S/c1-7-18-24(22,23)13-8-9-21(11-13)15-10-14(17(4,5)6)19-16(20-15)12(2)3/h10,12-13,18H,7-9,11H2,1-6H3. The number of anilines is 1. The molecule has 1 unspecified atom stereocenters. The van der Waals surface area contributed by atoms with Gasteiger partial charge < -0.3 is 4.90 Å². The van der Waals surface area contributed by atoms with Crippen molar-refractivity contribution in [3.05, 3.63) is 17.6 Å². The molecule has 0 amide bonds. The van der Waals surface area contributed by atoms with Gasteiger partial charge in [0.05, 0.1) is 10.9 Å². The SMILES string of the molecule is CCNS(=O)(=O)C1CCN(c2cc(C(C)(C)C)nc(C(C)C)n2)C1. The molecular weight excluding hydrogens is 324 g/mol. The third-order valence-corrected chi connectivity index (χ3v) is 6.22. The molecule has 2 heterocycles. The summed E-state index contributed by atoms with van der Waals surface area (Å²) in [7, 11) is -3.25. The molecule has 1 aliphatic rings. The molecule has 0 bridgehead atoms. The lowest BCUT2D eigenvalue weighted by Gasteiger charge is -2.24. The molecule has 1 saturated heterocycles. The summed E-state index contributed by atoms with van der Waals surface area (Å²) in [4.78, 5) is 11.5. The topological polar surface area (TPSA) is 75.2 Å². The van der Waals surface area contributed by atoms with Crippen LogP contribution in [0.2, 0.25) is 0 Å². The first kappa shape index (κ1) is 19.1. The van der Waals surface area contributed by atoms with Crippen molar-refractivity contribution in [2.75, 3.05) is 24.5 Å². The van der Waals surface area contributed by atoms with Gasteiger partial charge in [0.1, 0.15) is 11.6 Å².